The van der Waals surface area contributed by atoms with E-state index in [0.29, 0.717) is 12.2 Å². The van der Waals surface area contributed by atoms with E-state index >= 15 is 0 Å². The molecule has 0 bridgehead atoms. The van der Waals surface area contributed by atoms with Crippen molar-refractivity contribution in [1.82, 2.24) is 4.98 Å². The van der Waals surface area contributed by atoms with E-state index < -0.39 is 6.10 Å². The fraction of sp³-hybridized carbons (Fsp3) is 0.214. The number of halogens is 1. The monoisotopic (exact) mass is 321 g/mol. The Bertz CT molecular complexity index is 557. The average molecular weight is 322 g/mol. The minimum atomic E-state index is -0.601. The fourth-order valence-corrected chi connectivity index (χ4v) is 2.30. The number of nitrogens with two attached hydrogens (primary N) is 1. The molecule has 0 saturated carbocycles. The fourth-order valence-electron chi connectivity index (χ4n) is 1.69. The summed E-state index contributed by atoms with van der Waals surface area (Å²) in [4.78, 5) is 4.27. The number of aromatic nitrogens is 1. The van der Waals surface area contributed by atoms with Crippen molar-refractivity contribution in [2.24, 2.45) is 0 Å². The molecular formula is C14H16BrN3O. The van der Waals surface area contributed by atoms with Gasteiger partial charge in [-0.3, -0.25) is 0 Å². The predicted octanol–water partition coefficient (Wildman–Crippen LogP) is 2.88. The molecule has 0 radical (unpaired) electrons. The highest BCUT2D eigenvalue weighted by Gasteiger charge is 2.08. The van der Waals surface area contributed by atoms with Crippen LogP contribution in [0.25, 0.3) is 0 Å². The molecule has 0 spiro atoms. The van der Waals surface area contributed by atoms with E-state index in [1.54, 1.807) is 18.3 Å². The zero-order valence-electron chi connectivity index (χ0n) is 10.6. The number of hydrogen-bond acceptors (Lipinski definition) is 4. The van der Waals surface area contributed by atoms with E-state index in [-0.39, 0.29) is 0 Å². The number of nitrogen functional groups attached to an aromatic ring is 1. The van der Waals surface area contributed by atoms with Crippen molar-refractivity contribution in [3.05, 3.63) is 52.1 Å². The van der Waals surface area contributed by atoms with Crippen LogP contribution in [0.4, 0.5) is 11.5 Å². The molecule has 1 unspecified atom stereocenters. The smallest absolute Gasteiger partial charge is 0.140 e. The highest BCUT2D eigenvalue weighted by molar-refractivity contribution is 9.10. The maximum absolute atomic E-state index is 10.1. The summed E-state index contributed by atoms with van der Waals surface area (Å²) < 4.78 is 0.886. The quantitative estimate of drug-likeness (QED) is 0.757. The molecule has 2 rings (SSSR count). The first kappa shape index (κ1) is 13.8. The van der Waals surface area contributed by atoms with Crippen molar-refractivity contribution >= 4 is 27.4 Å². The molecule has 0 aliphatic carbocycles. The van der Waals surface area contributed by atoms with Crippen LogP contribution in [0.2, 0.25) is 0 Å². The number of anilines is 2. The molecule has 1 aromatic heterocycles. The summed E-state index contributed by atoms with van der Waals surface area (Å²) in [5.74, 6) is 0.722. The highest BCUT2D eigenvalue weighted by atomic mass is 79.9. The molecule has 1 atom stereocenters. The van der Waals surface area contributed by atoms with Crippen molar-refractivity contribution in [1.29, 1.82) is 0 Å². The Morgan fingerprint density at radius 3 is 2.68 bits per heavy atom. The third-order valence-corrected chi connectivity index (χ3v) is 3.37. The van der Waals surface area contributed by atoms with Crippen molar-refractivity contribution < 1.29 is 5.11 Å². The lowest BCUT2D eigenvalue weighted by atomic mass is 10.1. The lowest BCUT2D eigenvalue weighted by molar-refractivity contribution is 0.191. The van der Waals surface area contributed by atoms with Gasteiger partial charge in [-0.2, -0.15) is 0 Å². The molecule has 0 aliphatic heterocycles. The molecule has 0 fully saturated rings. The first-order valence-electron chi connectivity index (χ1n) is 5.96. The Kier molecular flexibility index (Phi) is 4.39. The van der Waals surface area contributed by atoms with Crippen molar-refractivity contribution in [2.45, 2.75) is 13.0 Å². The average Bonchev–Trinajstić information content (AvgIpc) is 2.38. The second-order valence-electron chi connectivity index (χ2n) is 4.41. The van der Waals surface area contributed by atoms with Gasteiger partial charge < -0.3 is 16.2 Å². The minimum absolute atomic E-state index is 0.387. The molecule has 0 saturated heterocycles. The van der Waals surface area contributed by atoms with Crippen molar-refractivity contribution in [3.8, 4) is 0 Å². The van der Waals surface area contributed by atoms with Gasteiger partial charge in [0.25, 0.3) is 0 Å². The molecule has 19 heavy (non-hydrogen) atoms. The Hall–Kier alpha value is -1.59. The van der Waals surface area contributed by atoms with Crippen LogP contribution in [0.5, 0.6) is 0 Å². The van der Waals surface area contributed by atoms with Gasteiger partial charge in [-0.1, -0.05) is 12.1 Å². The summed E-state index contributed by atoms with van der Waals surface area (Å²) in [5.41, 5.74) is 8.20. The van der Waals surface area contributed by atoms with E-state index in [1.165, 1.54) is 0 Å². The standard InChI is InChI=1S/C14H16BrN3O/c1-9-6-12(15)14(17-7-9)18-8-13(19)10-2-4-11(16)5-3-10/h2-7,13,19H,8,16H2,1H3,(H,17,18). The van der Waals surface area contributed by atoms with E-state index in [2.05, 4.69) is 26.2 Å². The first-order chi connectivity index (χ1) is 9.06. The van der Waals surface area contributed by atoms with Crippen molar-refractivity contribution in [2.75, 3.05) is 17.6 Å². The van der Waals surface area contributed by atoms with Crippen LogP contribution in [0, 0.1) is 6.92 Å². The number of aryl methyl sites for hydroxylation is 1. The molecule has 4 N–H and O–H groups in total. The van der Waals surface area contributed by atoms with Crippen molar-refractivity contribution in [3.63, 3.8) is 0 Å². The maximum Gasteiger partial charge on any atom is 0.140 e. The summed E-state index contributed by atoms with van der Waals surface area (Å²) >= 11 is 3.44. The molecule has 1 aromatic carbocycles. The SMILES string of the molecule is Cc1cnc(NCC(O)c2ccc(N)cc2)c(Br)c1. The van der Waals surface area contributed by atoms with Gasteiger partial charge in [0.15, 0.2) is 0 Å². The van der Waals surface area contributed by atoms with Crippen LogP contribution in [-0.4, -0.2) is 16.6 Å². The van der Waals surface area contributed by atoms with Gasteiger partial charge in [0.1, 0.15) is 5.82 Å². The van der Waals surface area contributed by atoms with Gasteiger partial charge in [-0.15, -0.1) is 0 Å². The number of nitrogens with zero attached hydrogens (tertiary/aromatic N) is 1. The molecule has 5 heteroatoms. The topological polar surface area (TPSA) is 71.2 Å². The van der Waals surface area contributed by atoms with E-state index in [4.69, 9.17) is 5.73 Å². The molecular weight excluding hydrogens is 306 g/mol. The highest BCUT2D eigenvalue weighted by Crippen LogP contribution is 2.22. The lowest BCUT2D eigenvalue weighted by Crippen LogP contribution is -2.13. The second-order valence-corrected chi connectivity index (χ2v) is 5.26. The van der Waals surface area contributed by atoms with Gasteiger partial charge in [0.05, 0.1) is 10.6 Å². The Morgan fingerprint density at radius 2 is 2.05 bits per heavy atom. The number of pyridine rings is 1. The van der Waals surface area contributed by atoms with Crippen LogP contribution in [0.3, 0.4) is 0 Å². The Balaban J connectivity index is 2.00. The Morgan fingerprint density at radius 1 is 1.37 bits per heavy atom. The minimum Gasteiger partial charge on any atom is -0.399 e. The van der Waals surface area contributed by atoms with Gasteiger partial charge in [-0.05, 0) is 52.2 Å². The lowest BCUT2D eigenvalue weighted by Gasteiger charge is -2.14. The number of aliphatic hydroxyl groups excluding tert-OH is 1. The van der Waals surface area contributed by atoms with Crippen LogP contribution in [0.15, 0.2) is 41.0 Å². The van der Waals surface area contributed by atoms with Gasteiger partial charge >= 0.3 is 0 Å². The third kappa shape index (κ3) is 3.68. The summed E-state index contributed by atoms with van der Waals surface area (Å²) in [6.07, 6.45) is 1.18. The van der Waals surface area contributed by atoms with Crippen LogP contribution >= 0.6 is 15.9 Å². The van der Waals surface area contributed by atoms with Crippen LogP contribution in [-0.2, 0) is 0 Å². The normalized spacial score (nSPS) is 12.2. The zero-order valence-corrected chi connectivity index (χ0v) is 12.2. The number of nitrogens with one attached hydrogen (secondary N) is 1. The van der Waals surface area contributed by atoms with Gasteiger partial charge in [0, 0.05) is 18.4 Å². The number of aliphatic hydroxyl groups is 1. The summed E-state index contributed by atoms with van der Waals surface area (Å²) in [5, 5.41) is 13.2. The van der Waals surface area contributed by atoms with Crippen LogP contribution in [0.1, 0.15) is 17.2 Å². The second kappa shape index (κ2) is 6.04. The predicted molar refractivity (Wildman–Crippen MR) is 81.0 cm³/mol. The largest absolute Gasteiger partial charge is 0.399 e. The van der Waals surface area contributed by atoms with E-state index in [0.717, 1.165) is 21.4 Å². The van der Waals surface area contributed by atoms with E-state index in [1.807, 2.05) is 25.1 Å². The van der Waals surface area contributed by atoms with Gasteiger partial charge in [-0.25, -0.2) is 4.98 Å². The zero-order chi connectivity index (χ0) is 13.8. The third-order valence-electron chi connectivity index (χ3n) is 2.76. The van der Waals surface area contributed by atoms with E-state index in [9.17, 15) is 5.11 Å². The van der Waals surface area contributed by atoms with Crippen LogP contribution < -0.4 is 11.1 Å². The number of benzene rings is 1. The summed E-state index contributed by atoms with van der Waals surface area (Å²) in [6.45, 7) is 2.36. The van der Waals surface area contributed by atoms with Gasteiger partial charge in [0.2, 0.25) is 0 Å². The summed E-state index contributed by atoms with van der Waals surface area (Å²) in [6, 6.07) is 9.17. The molecule has 100 valence electrons. The first-order valence-corrected chi connectivity index (χ1v) is 6.75. The molecule has 2 aromatic rings. The number of rotatable bonds is 4. The number of hydrogen-bond donors (Lipinski definition) is 3. The molecule has 1 heterocycles. The molecule has 4 nitrogen and oxygen atoms in total. The summed E-state index contributed by atoms with van der Waals surface area (Å²) in [7, 11) is 0. The maximum atomic E-state index is 10.1. The Labute approximate surface area is 120 Å². The molecule has 0 amide bonds. The molecule has 0 aliphatic rings.